The normalized spacial score (nSPS) is 14.6. The van der Waals surface area contributed by atoms with Crippen LogP contribution in [-0.4, -0.2) is 16.9 Å². The summed E-state index contributed by atoms with van der Waals surface area (Å²) in [5.74, 6) is -2.38. The number of rotatable bonds is 4. The van der Waals surface area contributed by atoms with Crippen LogP contribution in [0.4, 0.5) is 5.69 Å². The van der Waals surface area contributed by atoms with Gasteiger partial charge in [0.2, 0.25) is 0 Å². The number of hydrogen-bond donors (Lipinski definition) is 1. The first-order valence-corrected chi connectivity index (χ1v) is 7.22. The van der Waals surface area contributed by atoms with Crippen molar-refractivity contribution in [3.8, 4) is 0 Å². The number of carboxylic acid groups (broad SMARTS) is 1. The molecule has 0 radical (unpaired) electrons. The number of aliphatic carboxylic acids is 1. The number of carbonyl (C=O) groups is 2. The van der Waals surface area contributed by atoms with Crippen molar-refractivity contribution in [2.45, 2.75) is 6.54 Å². The van der Waals surface area contributed by atoms with E-state index >= 15 is 0 Å². The van der Waals surface area contributed by atoms with Crippen LogP contribution < -0.4 is 4.90 Å². The Balaban J connectivity index is 2.02. The number of ketones is 1. The molecule has 0 fully saturated rings. The second-order valence-electron chi connectivity index (χ2n) is 5.20. The fourth-order valence-electron chi connectivity index (χ4n) is 2.54. The molecule has 114 valence electrons. The molecule has 0 unspecified atom stereocenters. The Hall–Kier alpha value is -3.14. The van der Waals surface area contributed by atoms with Crippen LogP contribution in [0, 0.1) is 0 Å². The molecule has 2 aromatic rings. The van der Waals surface area contributed by atoms with Gasteiger partial charge in [0.15, 0.2) is 0 Å². The van der Waals surface area contributed by atoms with Crippen LogP contribution in [0.15, 0.2) is 72.4 Å². The van der Waals surface area contributed by atoms with Crippen LogP contribution in [0.1, 0.15) is 11.1 Å². The zero-order chi connectivity index (χ0) is 16.2. The molecule has 1 heterocycles. The number of anilines is 1. The second-order valence-corrected chi connectivity index (χ2v) is 5.20. The van der Waals surface area contributed by atoms with E-state index in [0.29, 0.717) is 12.2 Å². The first-order chi connectivity index (χ1) is 11.1. The molecule has 0 saturated carbocycles. The highest BCUT2D eigenvalue weighted by Crippen LogP contribution is 2.32. The van der Waals surface area contributed by atoms with Crippen molar-refractivity contribution < 1.29 is 14.7 Å². The molecule has 1 aliphatic heterocycles. The third kappa shape index (κ3) is 3.21. The molecule has 1 N–H and O–H groups in total. The van der Waals surface area contributed by atoms with Gasteiger partial charge < -0.3 is 10.0 Å². The van der Waals surface area contributed by atoms with Gasteiger partial charge in [0.05, 0.1) is 0 Å². The van der Waals surface area contributed by atoms with Crippen LogP contribution in [-0.2, 0) is 16.1 Å². The molecule has 4 nitrogen and oxygen atoms in total. The minimum atomic E-state index is -1.45. The number of fused-ring (bicyclic) bond motifs is 1. The topological polar surface area (TPSA) is 57.6 Å². The summed E-state index contributed by atoms with van der Waals surface area (Å²) in [6, 6.07) is 17.7. The van der Waals surface area contributed by atoms with E-state index in [1.165, 1.54) is 0 Å². The van der Waals surface area contributed by atoms with Crippen molar-refractivity contribution in [1.29, 1.82) is 0 Å². The van der Waals surface area contributed by atoms with Crippen molar-refractivity contribution >= 4 is 23.5 Å². The zero-order valence-electron chi connectivity index (χ0n) is 12.3. The Labute approximate surface area is 134 Å². The lowest BCUT2D eigenvalue weighted by atomic mass is 10.0. The van der Waals surface area contributed by atoms with Crippen molar-refractivity contribution in [3.05, 3.63) is 83.6 Å². The van der Waals surface area contributed by atoms with Gasteiger partial charge in [-0.1, -0.05) is 54.6 Å². The predicted octanol–water partition coefficient (Wildman–Crippen LogP) is 3.26. The van der Waals surface area contributed by atoms with Crippen LogP contribution in [0.5, 0.6) is 0 Å². The maximum absolute atomic E-state index is 11.6. The lowest BCUT2D eigenvalue weighted by molar-refractivity contribution is -0.146. The summed E-state index contributed by atoms with van der Waals surface area (Å²) in [7, 11) is 0. The Morgan fingerprint density at radius 1 is 0.957 bits per heavy atom. The monoisotopic (exact) mass is 305 g/mol. The molecule has 0 atom stereocenters. The van der Waals surface area contributed by atoms with E-state index in [0.717, 1.165) is 22.9 Å². The Kier molecular flexibility index (Phi) is 4.06. The number of para-hydroxylation sites is 1. The van der Waals surface area contributed by atoms with Crippen LogP contribution in [0.3, 0.4) is 0 Å². The zero-order valence-corrected chi connectivity index (χ0v) is 12.3. The molecule has 0 aliphatic carbocycles. The number of benzene rings is 2. The van der Waals surface area contributed by atoms with Gasteiger partial charge in [-0.2, -0.15) is 0 Å². The molecule has 0 aromatic heterocycles. The number of hydrogen-bond acceptors (Lipinski definition) is 3. The maximum atomic E-state index is 11.6. The van der Waals surface area contributed by atoms with Gasteiger partial charge in [-0.15, -0.1) is 0 Å². The summed E-state index contributed by atoms with van der Waals surface area (Å²) in [6.07, 6.45) is 4.82. The highest BCUT2D eigenvalue weighted by atomic mass is 16.4. The summed E-state index contributed by atoms with van der Waals surface area (Å²) in [5.41, 5.74) is 3.62. The first kappa shape index (κ1) is 14.8. The minimum absolute atomic E-state index is 0.556. The molecular formula is C19H15NO3. The molecule has 0 bridgehead atoms. The standard InChI is InChI=1S/C19H15NO3/c21-18(19(22)23)12-16-11-10-15-8-4-5-9-17(15)20(16)13-14-6-2-1-3-7-14/h1-12H,13H2,(H,22,23). The SMILES string of the molecule is O=C(O)C(=O)C=C1C=Cc2ccccc2N1Cc1ccccc1. The summed E-state index contributed by atoms with van der Waals surface area (Å²) in [4.78, 5) is 24.4. The van der Waals surface area contributed by atoms with Crippen molar-refractivity contribution in [1.82, 2.24) is 0 Å². The number of carboxylic acids is 1. The molecule has 23 heavy (non-hydrogen) atoms. The Morgan fingerprint density at radius 2 is 1.65 bits per heavy atom. The van der Waals surface area contributed by atoms with Gasteiger partial charge in [-0.3, -0.25) is 4.79 Å². The van der Waals surface area contributed by atoms with Crippen LogP contribution >= 0.6 is 0 Å². The number of nitrogens with zero attached hydrogens (tertiary/aromatic N) is 1. The van der Waals surface area contributed by atoms with Gasteiger partial charge in [0, 0.05) is 24.0 Å². The highest BCUT2D eigenvalue weighted by Gasteiger charge is 2.19. The van der Waals surface area contributed by atoms with Gasteiger partial charge in [-0.05, 0) is 23.3 Å². The van der Waals surface area contributed by atoms with E-state index in [-0.39, 0.29) is 0 Å². The average molecular weight is 305 g/mol. The Morgan fingerprint density at radius 3 is 2.39 bits per heavy atom. The number of carbonyl (C=O) groups excluding carboxylic acids is 1. The van der Waals surface area contributed by atoms with Gasteiger partial charge in [0.1, 0.15) is 0 Å². The quantitative estimate of drug-likeness (QED) is 0.696. The Bertz CT molecular complexity index is 806. The second kappa shape index (κ2) is 6.32. The molecule has 2 aromatic carbocycles. The number of allylic oxidation sites excluding steroid dienone is 1. The van der Waals surface area contributed by atoms with E-state index in [4.69, 9.17) is 5.11 Å². The van der Waals surface area contributed by atoms with E-state index < -0.39 is 11.8 Å². The molecule has 0 saturated heterocycles. The summed E-state index contributed by atoms with van der Waals surface area (Å²) >= 11 is 0. The largest absolute Gasteiger partial charge is 0.475 e. The molecule has 1 aliphatic rings. The van der Waals surface area contributed by atoms with Crippen molar-refractivity contribution in [2.24, 2.45) is 0 Å². The smallest absolute Gasteiger partial charge is 0.376 e. The van der Waals surface area contributed by atoms with Crippen molar-refractivity contribution in [3.63, 3.8) is 0 Å². The van der Waals surface area contributed by atoms with E-state index in [2.05, 4.69) is 0 Å². The fraction of sp³-hybridized carbons (Fsp3) is 0.0526. The third-order valence-electron chi connectivity index (χ3n) is 3.65. The molecule has 4 heteroatoms. The summed E-state index contributed by atoms with van der Waals surface area (Å²) in [6.45, 7) is 0.556. The fourth-order valence-corrected chi connectivity index (χ4v) is 2.54. The van der Waals surface area contributed by atoms with E-state index in [1.54, 1.807) is 6.08 Å². The third-order valence-corrected chi connectivity index (χ3v) is 3.65. The molecule has 3 rings (SSSR count). The molecule has 0 amide bonds. The molecular weight excluding hydrogens is 290 g/mol. The predicted molar refractivity (Wildman–Crippen MR) is 88.8 cm³/mol. The van der Waals surface area contributed by atoms with Gasteiger partial charge in [-0.25, -0.2) is 4.79 Å². The van der Waals surface area contributed by atoms with E-state index in [1.807, 2.05) is 65.6 Å². The maximum Gasteiger partial charge on any atom is 0.376 e. The first-order valence-electron chi connectivity index (χ1n) is 7.22. The lowest BCUT2D eigenvalue weighted by Gasteiger charge is -2.30. The summed E-state index contributed by atoms with van der Waals surface area (Å²) < 4.78 is 0. The van der Waals surface area contributed by atoms with Gasteiger partial charge >= 0.3 is 5.97 Å². The lowest BCUT2D eigenvalue weighted by Crippen LogP contribution is -2.25. The summed E-state index contributed by atoms with van der Waals surface area (Å²) in [5, 5.41) is 8.85. The van der Waals surface area contributed by atoms with Gasteiger partial charge in [0.25, 0.3) is 5.78 Å². The minimum Gasteiger partial charge on any atom is -0.475 e. The molecule has 0 spiro atoms. The highest BCUT2D eigenvalue weighted by molar-refractivity contribution is 6.37. The van der Waals surface area contributed by atoms with Crippen LogP contribution in [0.25, 0.3) is 6.08 Å². The van der Waals surface area contributed by atoms with Crippen LogP contribution in [0.2, 0.25) is 0 Å². The average Bonchev–Trinajstić information content (AvgIpc) is 2.57. The van der Waals surface area contributed by atoms with E-state index in [9.17, 15) is 9.59 Å². The van der Waals surface area contributed by atoms with Crippen molar-refractivity contribution in [2.75, 3.05) is 4.90 Å².